The van der Waals surface area contributed by atoms with Crippen LogP contribution >= 0.6 is 11.3 Å². The monoisotopic (exact) mass is 412 g/mol. The maximum atomic E-state index is 12.0. The van der Waals surface area contributed by atoms with Crippen LogP contribution in [-0.4, -0.2) is 35.3 Å². The van der Waals surface area contributed by atoms with Gasteiger partial charge in [0.2, 0.25) is 0 Å². The molecule has 0 fully saturated rings. The van der Waals surface area contributed by atoms with Gasteiger partial charge in [0.15, 0.2) is 11.9 Å². The van der Waals surface area contributed by atoms with Crippen LogP contribution in [0.3, 0.4) is 0 Å². The molecule has 2 aromatic heterocycles. The van der Waals surface area contributed by atoms with E-state index in [0.29, 0.717) is 32.1 Å². The number of aromatic nitrogens is 2. The molecule has 0 bridgehead atoms. The van der Waals surface area contributed by atoms with Gasteiger partial charge in [0.05, 0.1) is 6.61 Å². The number of carbonyl (C=O) groups excluding carboxylic acids is 1. The molecule has 0 aliphatic carbocycles. The molecule has 0 aliphatic heterocycles. The molecule has 0 N–H and O–H groups in total. The fourth-order valence-corrected chi connectivity index (χ4v) is 3.53. The third-order valence-electron chi connectivity index (χ3n) is 4.12. The molecular formula is C22H24N2O4S. The number of carbonyl (C=O) groups is 1. The smallest absolute Gasteiger partial charge is 0.335 e. The minimum atomic E-state index is -0.587. The SMILES string of the molecule is CCOC(=O)C(Cc1ccc(OCc2cc(-c3ncccn3)cs2)cc1)OCC. The lowest BCUT2D eigenvalue weighted by Gasteiger charge is -2.15. The average molecular weight is 413 g/mol. The summed E-state index contributed by atoms with van der Waals surface area (Å²) in [4.78, 5) is 21.6. The zero-order chi connectivity index (χ0) is 20.5. The van der Waals surface area contributed by atoms with Gasteiger partial charge in [-0.1, -0.05) is 12.1 Å². The maximum absolute atomic E-state index is 12.0. The van der Waals surface area contributed by atoms with Crippen molar-refractivity contribution in [2.45, 2.75) is 33.0 Å². The van der Waals surface area contributed by atoms with Gasteiger partial charge in [0.25, 0.3) is 0 Å². The van der Waals surface area contributed by atoms with Gasteiger partial charge in [-0.2, -0.15) is 0 Å². The Balaban J connectivity index is 1.55. The standard InChI is InChI=1S/C22H24N2O4S/c1-3-26-20(22(25)27-4-2)12-16-6-8-18(9-7-16)28-14-19-13-17(15-29-19)21-23-10-5-11-24-21/h5-11,13,15,20H,3-4,12,14H2,1-2H3. The van der Waals surface area contributed by atoms with Crippen molar-refractivity contribution in [3.8, 4) is 17.1 Å². The summed E-state index contributed by atoms with van der Waals surface area (Å²) >= 11 is 1.62. The molecule has 7 heteroatoms. The summed E-state index contributed by atoms with van der Waals surface area (Å²) < 4.78 is 16.5. The summed E-state index contributed by atoms with van der Waals surface area (Å²) in [6.07, 6.45) is 3.35. The first-order valence-corrected chi connectivity index (χ1v) is 10.4. The summed E-state index contributed by atoms with van der Waals surface area (Å²) in [5.41, 5.74) is 1.98. The number of esters is 1. The molecular weight excluding hydrogens is 388 g/mol. The van der Waals surface area contributed by atoms with E-state index < -0.39 is 6.10 Å². The normalized spacial score (nSPS) is 11.8. The van der Waals surface area contributed by atoms with Crippen LogP contribution in [-0.2, 0) is 27.3 Å². The van der Waals surface area contributed by atoms with Gasteiger partial charge in [-0.3, -0.25) is 0 Å². The van der Waals surface area contributed by atoms with E-state index >= 15 is 0 Å². The van der Waals surface area contributed by atoms with Crippen molar-refractivity contribution in [2.24, 2.45) is 0 Å². The maximum Gasteiger partial charge on any atom is 0.335 e. The van der Waals surface area contributed by atoms with E-state index in [-0.39, 0.29) is 5.97 Å². The number of hydrogen-bond donors (Lipinski definition) is 0. The minimum absolute atomic E-state index is 0.328. The molecule has 152 valence electrons. The van der Waals surface area contributed by atoms with Crippen molar-refractivity contribution in [2.75, 3.05) is 13.2 Å². The van der Waals surface area contributed by atoms with E-state index in [2.05, 4.69) is 9.97 Å². The Morgan fingerprint density at radius 1 is 1.10 bits per heavy atom. The van der Waals surface area contributed by atoms with Crippen molar-refractivity contribution in [3.05, 3.63) is 64.6 Å². The highest BCUT2D eigenvalue weighted by Crippen LogP contribution is 2.24. The molecule has 0 amide bonds. The van der Waals surface area contributed by atoms with Gasteiger partial charge in [-0.25, -0.2) is 14.8 Å². The van der Waals surface area contributed by atoms with Gasteiger partial charge >= 0.3 is 5.97 Å². The lowest BCUT2D eigenvalue weighted by molar-refractivity contribution is -0.156. The molecule has 1 unspecified atom stereocenters. The van der Waals surface area contributed by atoms with E-state index in [1.165, 1.54) is 0 Å². The predicted octanol–water partition coefficient (Wildman–Crippen LogP) is 4.29. The average Bonchev–Trinajstić information content (AvgIpc) is 3.23. The number of benzene rings is 1. The predicted molar refractivity (Wildman–Crippen MR) is 112 cm³/mol. The fourth-order valence-electron chi connectivity index (χ4n) is 2.76. The Hall–Kier alpha value is -2.77. The molecule has 0 aliphatic rings. The van der Waals surface area contributed by atoms with E-state index in [9.17, 15) is 4.79 Å². The van der Waals surface area contributed by atoms with Crippen molar-refractivity contribution in [1.82, 2.24) is 9.97 Å². The second kappa shape index (κ2) is 10.7. The van der Waals surface area contributed by atoms with Crippen LogP contribution in [0.2, 0.25) is 0 Å². The molecule has 6 nitrogen and oxygen atoms in total. The van der Waals surface area contributed by atoms with Gasteiger partial charge in [0, 0.05) is 41.2 Å². The van der Waals surface area contributed by atoms with Gasteiger partial charge < -0.3 is 14.2 Å². The summed E-state index contributed by atoms with van der Waals surface area (Å²) in [6.45, 7) is 4.93. The molecule has 29 heavy (non-hydrogen) atoms. The van der Waals surface area contributed by atoms with Crippen LogP contribution in [0, 0.1) is 0 Å². The van der Waals surface area contributed by atoms with Gasteiger partial charge in [-0.05, 0) is 43.7 Å². The Morgan fingerprint density at radius 2 is 1.86 bits per heavy atom. The first-order chi connectivity index (χ1) is 14.2. The molecule has 0 saturated heterocycles. The molecule has 0 saturated carbocycles. The van der Waals surface area contributed by atoms with E-state index in [1.807, 2.05) is 42.6 Å². The number of hydrogen-bond acceptors (Lipinski definition) is 7. The van der Waals surface area contributed by atoms with Crippen LogP contribution < -0.4 is 4.74 Å². The van der Waals surface area contributed by atoms with E-state index in [4.69, 9.17) is 14.2 Å². The minimum Gasteiger partial charge on any atom is -0.488 e. The number of ether oxygens (including phenoxy) is 3. The Bertz CT molecular complexity index is 897. The van der Waals surface area contributed by atoms with E-state index in [1.54, 1.807) is 36.7 Å². The fraction of sp³-hybridized carbons (Fsp3) is 0.318. The largest absolute Gasteiger partial charge is 0.488 e. The quantitative estimate of drug-likeness (QED) is 0.463. The van der Waals surface area contributed by atoms with Crippen molar-refractivity contribution < 1.29 is 19.0 Å². The lowest BCUT2D eigenvalue weighted by Crippen LogP contribution is -2.28. The number of nitrogens with zero attached hydrogens (tertiary/aromatic N) is 2. The molecule has 1 aromatic carbocycles. The third kappa shape index (κ3) is 6.10. The highest BCUT2D eigenvalue weighted by molar-refractivity contribution is 7.10. The molecule has 2 heterocycles. The Morgan fingerprint density at radius 3 is 2.55 bits per heavy atom. The molecule has 3 aromatic rings. The topological polar surface area (TPSA) is 70.5 Å². The van der Waals surface area contributed by atoms with Crippen LogP contribution in [0.15, 0.2) is 54.2 Å². The van der Waals surface area contributed by atoms with Crippen LogP contribution in [0.1, 0.15) is 24.3 Å². The second-order valence-electron chi connectivity index (χ2n) is 6.21. The zero-order valence-corrected chi connectivity index (χ0v) is 17.4. The molecule has 0 spiro atoms. The second-order valence-corrected chi connectivity index (χ2v) is 7.20. The van der Waals surface area contributed by atoms with Gasteiger partial charge in [0.1, 0.15) is 12.4 Å². The van der Waals surface area contributed by atoms with Crippen molar-refractivity contribution >= 4 is 17.3 Å². The lowest BCUT2D eigenvalue weighted by atomic mass is 10.1. The Labute approximate surface area is 174 Å². The summed E-state index contributed by atoms with van der Waals surface area (Å²) in [5, 5.41) is 2.03. The molecule has 0 radical (unpaired) electrons. The van der Waals surface area contributed by atoms with Crippen molar-refractivity contribution in [1.29, 1.82) is 0 Å². The van der Waals surface area contributed by atoms with Gasteiger partial charge in [-0.15, -0.1) is 11.3 Å². The highest BCUT2D eigenvalue weighted by Gasteiger charge is 2.20. The van der Waals surface area contributed by atoms with Crippen molar-refractivity contribution in [3.63, 3.8) is 0 Å². The number of rotatable bonds is 10. The Kier molecular flexibility index (Phi) is 7.72. The van der Waals surface area contributed by atoms with Crippen LogP contribution in [0.25, 0.3) is 11.4 Å². The van der Waals surface area contributed by atoms with E-state index in [0.717, 1.165) is 21.8 Å². The summed E-state index contributed by atoms with van der Waals surface area (Å²) in [7, 11) is 0. The molecule has 1 atom stereocenters. The highest BCUT2D eigenvalue weighted by atomic mass is 32.1. The third-order valence-corrected chi connectivity index (χ3v) is 5.03. The van der Waals surface area contributed by atoms with Crippen LogP contribution in [0.5, 0.6) is 5.75 Å². The molecule has 3 rings (SSSR count). The summed E-state index contributed by atoms with van der Waals surface area (Å²) in [5.74, 6) is 1.15. The zero-order valence-electron chi connectivity index (χ0n) is 16.5. The number of thiophene rings is 1. The first-order valence-electron chi connectivity index (χ1n) is 9.54. The first kappa shape index (κ1) is 21.0. The van der Waals surface area contributed by atoms with Crippen LogP contribution in [0.4, 0.5) is 0 Å². The summed E-state index contributed by atoms with van der Waals surface area (Å²) in [6, 6.07) is 11.5.